The first-order valence-electron chi connectivity index (χ1n) is 3.41. The Labute approximate surface area is 63.2 Å². The van der Waals surface area contributed by atoms with Crippen LogP contribution < -0.4 is 4.74 Å². The number of fused-ring (bicyclic) bond motifs is 1. The molecule has 0 atom stereocenters. The number of ether oxygens (including phenoxy) is 1. The number of hydrogen-bond acceptors (Lipinski definition) is 2. The SMILES string of the molecule is Oc1cc(F)c2c(c1)CCO2. The van der Waals surface area contributed by atoms with Gasteiger partial charge in [0.25, 0.3) is 0 Å². The Morgan fingerprint density at radius 1 is 1.45 bits per heavy atom. The summed E-state index contributed by atoms with van der Waals surface area (Å²) in [6.07, 6.45) is 0.681. The van der Waals surface area contributed by atoms with Gasteiger partial charge >= 0.3 is 0 Å². The van der Waals surface area contributed by atoms with Crippen molar-refractivity contribution in [2.75, 3.05) is 6.61 Å². The molecule has 0 spiro atoms. The summed E-state index contributed by atoms with van der Waals surface area (Å²) in [6, 6.07) is 2.59. The van der Waals surface area contributed by atoms with Gasteiger partial charge in [0, 0.05) is 18.1 Å². The zero-order valence-corrected chi connectivity index (χ0v) is 5.80. The van der Waals surface area contributed by atoms with Crippen LogP contribution in [0.4, 0.5) is 4.39 Å². The van der Waals surface area contributed by atoms with Crippen molar-refractivity contribution in [3.63, 3.8) is 0 Å². The minimum Gasteiger partial charge on any atom is -0.508 e. The van der Waals surface area contributed by atoms with Gasteiger partial charge in [-0.2, -0.15) is 0 Å². The lowest BCUT2D eigenvalue weighted by atomic mass is 10.1. The number of halogens is 1. The van der Waals surface area contributed by atoms with Crippen LogP contribution in [-0.2, 0) is 6.42 Å². The van der Waals surface area contributed by atoms with Crippen LogP contribution >= 0.6 is 0 Å². The second kappa shape index (κ2) is 2.12. The van der Waals surface area contributed by atoms with E-state index in [1.54, 1.807) is 0 Å². The molecule has 2 rings (SSSR count). The predicted molar refractivity (Wildman–Crippen MR) is 37.3 cm³/mol. The molecule has 1 heterocycles. The van der Waals surface area contributed by atoms with Crippen LogP contribution in [0.5, 0.6) is 11.5 Å². The van der Waals surface area contributed by atoms with Crippen LogP contribution in [0.15, 0.2) is 12.1 Å². The summed E-state index contributed by atoms with van der Waals surface area (Å²) in [5.41, 5.74) is 0.752. The van der Waals surface area contributed by atoms with E-state index in [2.05, 4.69) is 0 Å². The van der Waals surface area contributed by atoms with Crippen LogP contribution in [0.25, 0.3) is 0 Å². The topological polar surface area (TPSA) is 29.5 Å². The molecule has 0 aliphatic carbocycles. The van der Waals surface area contributed by atoms with Crippen LogP contribution in [0, 0.1) is 5.82 Å². The zero-order valence-electron chi connectivity index (χ0n) is 5.80. The Morgan fingerprint density at radius 3 is 3.09 bits per heavy atom. The van der Waals surface area contributed by atoms with E-state index < -0.39 is 5.82 Å². The Balaban J connectivity index is 2.60. The molecule has 1 aliphatic rings. The second-order valence-corrected chi connectivity index (χ2v) is 2.51. The number of aromatic hydroxyl groups is 1. The molecule has 3 heteroatoms. The maximum absolute atomic E-state index is 12.9. The van der Waals surface area contributed by atoms with Crippen molar-refractivity contribution in [3.05, 3.63) is 23.5 Å². The lowest BCUT2D eigenvalue weighted by Crippen LogP contribution is -1.88. The van der Waals surface area contributed by atoms with Crippen molar-refractivity contribution >= 4 is 0 Å². The van der Waals surface area contributed by atoms with Crippen LogP contribution in [0.3, 0.4) is 0 Å². The summed E-state index contributed by atoms with van der Waals surface area (Å²) in [5, 5.41) is 8.98. The van der Waals surface area contributed by atoms with Gasteiger partial charge in [-0.1, -0.05) is 0 Å². The van der Waals surface area contributed by atoms with Crippen LogP contribution in [-0.4, -0.2) is 11.7 Å². The van der Waals surface area contributed by atoms with Crippen molar-refractivity contribution in [2.45, 2.75) is 6.42 Å². The molecule has 0 radical (unpaired) electrons. The van der Waals surface area contributed by atoms with Crippen molar-refractivity contribution < 1.29 is 14.2 Å². The molecule has 1 aliphatic heterocycles. The number of phenols is 1. The Kier molecular flexibility index (Phi) is 1.24. The van der Waals surface area contributed by atoms with Crippen molar-refractivity contribution in [1.82, 2.24) is 0 Å². The third-order valence-corrected chi connectivity index (χ3v) is 1.72. The molecule has 0 saturated carbocycles. The first kappa shape index (κ1) is 6.46. The third kappa shape index (κ3) is 0.926. The number of phenolic OH excluding ortho intramolecular Hbond substituents is 1. The van der Waals surface area contributed by atoms with Crippen molar-refractivity contribution in [3.8, 4) is 11.5 Å². The Hall–Kier alpha value is -1.25. The zero-order chi connectivity index (χ0) is 7.84. The van der Waals surface area contributed by atoms with Crippen molar-refractivity contribution in [2.24, 2.45) is 0 Å². The van der Waals surface area contributed by atoms with Gasteiger partial charge < -0.3 is 9.84 Å². The van der Waals surface area contributed by atoms with E-state index in [4.69, 9.17) is 9.84 Å². The van der Waals surface area contributed by atoms with E-state index in [9.17, 15) is 4.39 Å². The fourth-order valence-electron chi connectivity index (χ4n) is 1.24. The minimum absolute atomic E-state index is 0.0354. The molecule has 0 aromatic heterocycles. The van der Waals surface area contributed by atoms with E-state index in [0.717, 1.165) is 11.6 Å². The average Bonchev–Trinajstić information content (AvgIpc) is 2.34. The molecule has 0 fully saturated rings. The van der Waals surface area contributed by atoms with Gasteiger partial charge in [0.05, 0.1) is 6.61 Å². The summed E-state index contributed by atoms with van der Waals surface area (Å²) in [6.45, 7) is 0.510. The molecule has 0 saturated heterocycles. The maximum atomic E-state index is 12.9. The summed E-state index contributed by atoms with van der Waals surface area (Å²) in [7, 11) is 0. The number of rotatable bonds is 0. The van der Waals surface area contributed by atoms with Gasteiger partial charge in [0.2, 0.25) is 0 Å². The highest BCUT2D eigenvalue weighted by molar-refractivity contribution is 5.43. The number of hydrogen-bond donors (Lipinski definition) is 1. The lowest BCUT2D eigenvalue weighted by Gasteiger charge is -2.00. The average molecular weight is 154 g/mol. The van der Waals surface area contributed by atoms with Gasteiger partial charge in [0.15, 0.2) is 11.6 Å². The Morgan fingerprint density at radius 2 is 2.27 bits per heavy atom. The van der Waals surface area contributed by atoms with Gasteiger partial charge in [0.1, 0.15) is 5.75 Å². The molecular formula is C8H7FO2. The largest absolute Gasteiger partial charge is 0.508 e. The Bertz CT molecular complexity index is 296. The second-order valence-electron chi connectivity index (χ2n) is 2.51. The third-order valence-electron chi connectivity index (χ3n) is 1.72. The fraction of sp³-hybridized carbons (Fsp3) is 0.250. The lowest BCUT2D eigenvalue weighted by molar-refractivity contribution is 0.338. The molecule has 58 valence electrons. The molecule has 0 unspecified atom stereocenters. The predicted octanol–water partition coefficient (Wildman–Crippen LogP) is 1.47. The van der Waals surface area contributed by atoms with Crippen LogP contribution in [0.1, 0.15) is 5.56 Å². The number of benzene rings is 1. The molecule has 2 nitrogen and oxygen atoms in total. The summed E-state index contributed by atoms with van der Waals surface area (Å²) < 4.78 is 17.9. The molecule has 0 amide bonds. The summed E-state index contributed by atoms with van der Waals surface area (Å²) in [5.74, 6) is -0.216. The van der Waals surface area contributed by atoms with E-state index in [1.807, 2.05) is 0 Å². The highest BCUT2D eigenvalue weighted by Crippen LogP contribution is 2.31. The summed E-state index contributed by atoms with van der Waals surface area (Å²) >= 11 is 0. The summed E-state index contributed by atoms with van der Waals surface area (Å²) in [4.78, 5) is 0. The standard InChI is InChI=1S/C8H7FO2/c9-7-4-6(10)3-5-1-2-11-8(5)7/h3-4,10H,1-2H2. The van der Waals surface area contributed by atoms with E-state index in [0.29, 0.717) is 18.8 Å². The minimum atomic E-state index is -0.475. The highest BCUT2D eigenvalue weighted by atomic mass is 19.1. The maximum Gasteiger partial charge on any atom is 0.169 e. The highest BCUT2D eigenvalue weighted by Gasteiger charge is 2.17. The van der Waals surface area contributed by atoms with Gasteiger partial charge in [-0.25, -0.2) is 4.39 Å². The molecule has 1 aromatic rings. The van der Waals surface area contributed by atoms with E-state index >= 15 is 0 Å². The molecule has 11 heavy (non-hydrogen) atoms. The van der Waals surface area contributed by atoms with Gasteiger partial charge in [-0.15, -0.1) is 0 Å². The smallest absolute Gasteiger partial charge is 0.169 e. The van der Waals surface area contributed by atoms with Crippen LogP contribution in [0.2, 0.25) is 0 Å². The van der Waals surface area contributed by atoms with E-state index in [-0.39, 0.29) is 5.75 Å². The molecular weight excluding hydrogens is 147 g/mol. The quantitative estimate of drug-likeness (QED) is 0.613. The molecule has 1 N–H and O–H groups in total. The first-order valence-corrected chi connectivity index (χ1v) is 3.41. The first-order chi connectivity index (χ1) is 5.27. The monoisotopic (exact) mass is 154 g/mol. The molecule has 0 bridgehead atoms. The fourth-order valence-corrected chi connectivity index (χ4v) is 1.24. The van der Waals surface area contributed by atoms with Gasteiger partial charge in [-0.3, -0.25) is 0 Å². The van der Waals surface area contributed by atoms with E-state index in [1.165, 1.54) is 6.07 Å². The molecule has 1 aromatic carbocycles. The van der Waals surface area contributed by atoms with Gasteiger partial charge in [-0.05, 0) is 6.07 Å². The normalized spacial score (nSPS) is 14.3. The van der Waals surface area contributed by atoms with Crippen molar-refractivity contribution in [1.29, 1.82) is 0 Å².